The first-order valence-corrected chi connectivity index (χ1v) is 7.16. The van der Waals surface area contributed by atoms with Gasteiger partial charge >= 0.3 is 0 Å². The number of rotatable bonds is 7. The Labute approximate surface area is 119 Å². The van der Waals surface area contributed by atoms with Gasteiger partial charge in [-0.1, -0.05) is 28.9 Å². The van der Waals surface area contributed by atoms with Gasteiger partial charge in [0.25, 0.3) is 0 Å². The summed E-state index contributed by atoms with van der Waals surface area (Å²) < 4.78 is 0.980. The first kappa shape index (κ1) is 15.5. The van der Waals surface area contributed by atoms with Crippen LogP contribution >= 0.6 is 15.9 Å². The summed E-state index contributed by atoms with van der Waals surface area (Å²) in [5.74, 6) is 0. The van der Waals surface area contributed by atoms with Gasteiger partial charge in [-0.05, 0) is 38.2 Å². The third kappa shape index (κ3) is 4.59. The molecule has 18 heavy (non-hydrogen) atoms. The van der Waals surface area contributed by atoms with Crippen molar-refractivity contribution < 1.29 is 5.11 Å². The summed E-state index contributed by atoms with van der Waals surface area (Å²) in [6.45, 7) is 5.38. The quantitative estimate of drug-likeness (QED) is 0.838. The molecule has 0 saturated heterocycles. The fourth-order valence-electron chi connectivity index (χ4n) is 1.82. The van der Waals surface area contributed by atoms with Crippen LogP contribution in [0.2, 0.25) is 0 Å². The molecule has 1 aromatic rings. The lowest BCUT2D eigenvalue weighted by atomic mass is 10.2. The van der Waals surface area contributed by atoms with Crippen molar-refractivity contribution in [2.45, 2.75) is 20.0 Å². The third-order valence-electron chi connectivity index (χ3n) is 2.88. The summed E-state index contributed by atoms with van der Waals surface area (Å²) in [5.41, 5.74) is 2.14. The number of anilines is 1. The fraction of sp³-hybridized carbons (Fsp3) is 0.571. The Hall–Kier alpha value is -0.580. The number of likely N-dealkylation sites (N-methyl/N-ethyl adjacent to an activating group) is 1. The fourth-order valence-corrected chi connectivity index (χ4v) is 2.31. The molecule has 0 aliphatic carbocycles. The van der Waals surface area contributed by atoms with E-state index in [-0.39, 0.29) is 6.61 Å². The van der Waals surface area contributed by atoms with Gasteiger partial charge in [0.05, 0.1) is 6.61 Å². The molecule has 1 rings (SSSR count). The van der Waals surface area contributed by atoms with Crippen LogP contribution in [-0.4, -0.2) is 43.7 Å². The highest BCUT2D eigenvalue weighted by Crippen LogP contribution is 2.24. The van der Waals surface area contributed by atoms with Gasteiger partial charge < -0.3 is 14.9 Å². The van der Waals surface area contributed by atoms with Crippen molar-refractivity contribution in [3.8, 4) is 0 Å². The SMILES string of the molecule is CCCN(CCN(C)C)c1ccc(CO)c(Br)c1. The van der Waals surface area contributed by atoms with E-state index in [1.807, 2.05) is 6.07 Å². The normalized spacial score (nSPS) is 11.0. The Morgan fingerprint density at radius 2 is 1.89 bits per heavy atom. The summed E-state index contributed by atoms with van der Waals surface area (Å²) in [5, 5.41) is 9.18. The summed E-state index contributed by atoms with van der Waals surface area (Å²) in [7, 11) is 4.18. The predicted molar refractivity (Wildman–Crippen MR) is 81.1 cm³/mol. The van der Waals surface area contributed by atoms with Crippen LogP contribution < -0.4 is 4.90 Å². The second-order valence-electron chi connectivity index (χ2n) is 4.72. The predicted octanol–water partition coefficient (Wildman–Crippen LogP) is 2.72. The summed E-state index contributed by atoms with van der Waals surface area (Å²) in [6.07, 6.45) is 1.13. The van der Waals surface area contributed by atoms with E-state index in [1.165, 1.54) is 5.69 Å². The Balaban J connectivity index is 2.81. The standard InChI is InChI=1S/C14H23BrN2O/c1-4-7-17(9-8-16(2)3)13-6-5-12(11-18)14(15)10-13/h5-6,10,18H,4,7-9,11H2,1-3H3. The van der Waals surface area contributed by atoms with Crippen LogP contribution in [0.3, 0.4) is 0 Å². The molecule has 0 aliphatic heterocycles. The molecule has 102 valence electrons. The summed E-state index contributed by atoms with van der Waals surface area (Å²) >= 11 is 3.51. The Bertz CT molecular complexity index is 369. The van der Waals surface area contributed by atoms with E-state index in [0.29, 0.717) is 0 Å². The van der Waals surface area contributed by atoms with E-state index in [9.17, 15) is 5.11 Å². The van der Waals surface area contributed by atoms with E-state index in [1.54, 1.807) is 0 Å². The number of benzene rings is 1. The molecule has 0 unspecified atom stereocenters. The van der Waals surface area contributed by atoms with Crippen LogP contribution in [0.25, 0.3) is 0 Å². The van der Waals surface area contributed by atoms with Crippen LogP contribution in [0.5, 0.6) is 0 Å². The highest BCUT2D eigenvalue weighted by Gasteiger charge is 2.08. The van der Waals surface area contributed by atoms with Gasteiger partial charge in [0.1, 0.15) is 0 Å². The molecule has 0 aliphatic rings. The minimum absolute atomic E-state index is 0.0757. The van der Waals surface area contributed by atoms with E-state index < -0.39 is 0 Å². The highest BCUT2D eigenvalue weighted by molar-refractivity contribution is 9.10. The van der Waals surface area contributed by atoms with Crippen molar-refractivity contribution >= 4 is 21.6 Å². The lowest BCUT2D eigenvalue weighted by Crippen LogP contribution is -2.32. The van der Waals surface area contributed by atoms with Crippen molar-refractivity contribution in [1.29, 1.82) is 0 Å². The smallest absolute Gasteiger partial charge is 0.0692 e. The first-order chi connectivity index (χ1) is 8.58. The van der Waals surface area contributed by atoms with Gasteiger partial charge in [0.15, 0.2) is 0 Å². The second-order valence-corrected chi connectivity index (χ2v) is 5.58. The lowest BCUT2D eigenvalue weighted by molar-refractivity contribution is 0.281. The highest BCUT2D eigenvalue weighted by atomic mass is 79.9. The minimum Gasteiger partial charge on any atom is -0.392 e. The van der Waals surface area contributed by atoms with Gasteiger partial charge in [-0.15, -0.1) is 0 Å². The molecule has 0 heterocycles. The molecule has 0 aromatic heterocycles. The molecule has 1 N–H and O–H groups in total. The van der Waals surface area contributed by atoms with Crippen molar-refractivity contribution in [3.63, 3.8) is 0 Å². The number of hydrogen-bond donors (Lipinski definition) is 1. The number of aliphatic hydroxyl groups is 1. The van der Waals surface area contributed by atoms with Crippen LogP contribution in [0, 0.1) is 0 Å². The van der Waals surface area contributed by atoms with Crippen LogP contribution in [-0.2, 0) is 6.61 Å². The largest absolute Gasteiger partial charge is 0.392 e. The van der Waals surface area contributed by atoms with Crippen LogP contribution in [0.15, 0.2) is 22.7 Å². The molecule has 0 saturated carbocycles. The van der Waals surface area contributed by atoms with E-state index in [2.05, 4.69) is 58.9 Å². The molecule has 0 fully saturated rings. The van der Waals surface area contributed by atoms with Crippen LogP contribution in [0.1, 0.15) is 18.9 Å². The van der Waals surface area contributed by atoms with Gasteiger partial charge in [0.2, 0.25) is 0 Å². The Morgan fingerprint density at radius 1 is 1.17 bits per heavy atom. The molecule has 4 heteroatoms. The number of hydrogen-bond acceptors (Lipinski definition) is 3. The average Bonchev–Trinajstić information content (AvgIpc) is 2.34. The van der Waals surface area contributed by atoms with Gasteiger partial charge in [0, 0.05) is 29.8 Å². The van der Waals surface area contributed by atoms with E-state index in [0.717, 1.165) is 36.1 Å². The molecule has 0 bridgehead atoms. The van der Waals surface area contributed by atoms with Crippen molar-refractivity contribution in [2.75, 3.05) is 38.6 Å². The zero-order valence-electron chi connectivity index (χ0n) is 11.5. The lowest BCUT2D eigenvalue weighted by Gasteiger charge is -2.26. The summed E-state index contributed by atoms with van der Waals surface area (Å²) in [6, 6.07) is 6.16. The molecular weight excluding hydrogens is 292 g/mol. The number of aliphatic hydroxyl groups excluding tert-OH is 1. The molecule has 0 spiro atoms. The summed E-state index contributed by atoms with van der Waals surface area (Å²) in [4.78, 5) is 4.58. The molecule has 3 nitrogen and oxygen atoms in total. The monoisotopic (exact) mass is 314 g/mol. The van der Waals surface area contributed by atoms with Crippen molar-refractivity contribution in [1.82, 2.24) is 4.90 Å². The first-order valence-electron chi connectivity index (χ1n) is 6.37. The van der Waals surface area contributed by atoms with Crippen molar-refractivity contribution in [3.05, 3.63) is 28.2 Å². The maximum absolute atomic E-state index is 9.18. The second kappa shape index (κ2) is 7.77. The van der Waals surface area contributed by atoms with Crippen LogP contribution in [0.4, 0.5) is 5.69 Å². The maximum atomic E-state index is 9.18. The van der Waals surface area contributed by atoms with Crippen molar-refractivity contribution in [2.24, 2.45) is 0 Å². The van der Waals surface area contributed by atoms with Gasteiger partial charge in [-0.3, -0.25) is 0 Å². The zero-order valence-corrected chi connectivity index (χ0v) is 13.1. The Morgan fingerprint density at radius 3 is 2.39 bits per heavy atom. The zero-order chi connectivity index (χ0) is 13.5. The van der Waals surface area contributed by atoms with E-state index >= 15 is 0 Å². The molecule has 0 radical (unpaired) electrons. The van der Waals surface area contributed by atoms with Gasteiger partial charge in [-0.2, -0.15) is 0 Å². The molecule has 0 atom stereocenters. The average molecular weight is 315 g/mol. The van der Waals surface area contributed by atoms with Gasteiger partial charge in [-0.25, -0.2) is 0 Å². The number of nitrogens with zero attached hydrogens (tertiary/aromatic N) is 2. The molecule has 0 amide bonds. The minimum atomic E-state index is 0.0757. The molecular formula is C14H23BrN2O. The van der Waals surface area contributed by atoms with E-state index in [4.69, 9.17) is 0 Å². The third-order valence-corrected chi connectivity index (χ3v) is 3.62. The number of halogens is 1. The Kier molecular flexibility index (Phi) is 6.68. The topological polar surface area (TPSA) is 26.7 Å². The maximum Gasteiger partial charge on any atom is 0.0692 e. The molecule has 1 aromatic carbocycles.